The largest absolute Gasteiger partial charge is 0.271 e. The van der Waals surface area contributed by atoms with Gasteiger partial charge < -0.3 is 0 Å². The molecule has 1 aromatic carbocycles. The van der Waals surface area contributed by atoms with Crippen molar-refractivity contribution in [2.45, 2.75) is 11.3 Å². The molecule has 0 spiro atoms. The van der Waals surface area contributed by atoms with Crippen LogP contribution >= 0.6 is 0 Å². The van der Waals surface area contributed by atoms with Crippen LogP contribution in [0, 0.1) is 0 Å². The van der Waals surface area contributed by atoms with E-state index in [4.69, 9.17) is 4.84 Å². The van der Waals surface area contributed by atoms with Crippen molar-refractivity contribution in [3.63, 3.8) is 0 Å². The molecule has 1 aromatic rings. The van der Waals surface area contributed by atoms with Gasteiger partial charge in [0.2, 0.25) is 10.0 Å². The van der Waals surface area contributed by atoms with Gasteiger partial charge in [-0.15, -0.1) is 0 Å². The highest BCUT2D eigenvalue weighted by Crippen LogP contribution is 2.08. The second-order valence-electron chi connectivity index (χ2n) is 3.82. The van der Waals surface area contributed by atoms with Crippen molar-refractivity contribution < 1.29 is 18.0 Å². The summed E-state index contributed by atoms with van der Waals surface area (Å²) in [7, 11) is -3.64. The van der Waals surface area contributed by atoms with E-state index in [2.05, 4.69) is 4.72 Å². The van der Waals surface area contributed by atoms with Crippen molar-refractivity contribution in [2.75, 3.05) is 19.7 Å². The Kier molecular flexibility index (Phi) is 3.95. The molecule has 0 aliphatic carbocycles. The minimum atomic E-state index is -3.64. The molecule has 1 aliphatic rings. The van der Waals surface area contributed by atoms with Crippen LogP contribution in [0.5, 0.6) is 0 Å². The average molecular weight is 270 g/mol. The van der Waals surface area contributed by atoms with E-state index >= 15 is 0 Å². The van der Waals surface area contributed by atoms with Crippen LogP contribution in [0.1, 0.15) is 6.42 Å². The van der Waals surface area contributed by atoms with Crippen molar-refractivity contribution in [3.05, 3.63) is 30.3 Å². The molecule has 1 saturated heterocycles. The molecule has 6 nitrogen and oxygen atoms in total. The molecule has 0 saturated carbocycles. The third kappa shape index (κ3) is 3.06. The van der Waals surface area contributed by atoms with Crippen LogP contribution in [0.3, 0.4) is 0 Å². The lowest BCUT2D eigenvalue weighted by atomic mass is 10.4. The standard InChI is InChI=1S/C11H14N2O4S/c14-11(13-7-4-8-17-13)9-12-18(15,16)10-5-2-1-3-6-10/h1-3,5-6,12H,4,7-9H2. The predicted molar refractivity (Wildman–Crippen MR) is 63.9 cm³/mol. The van der Waals surface area contributed by atoms with Crippen LogP contribution < -0.4 is 4.72 Å². The second-order valence-corrected chi connectivity index (χ2v) is 5.59. The lowest BCUT2D eigenvalue weighted by Crippen LogP contribution is -2.38. The van der Waals surface area contributed by atoms with Crippen molar-refractivity contribution in [3.8, 4) is 0 Å². The number of hydroxylamine groups is 2. The van der Waals surface area contributed by atoms with Crippen LogP contribution in [-0.2, 0) is 19.7 Å². The van der Waals surface area contributed by atoms with Crippen molar-refractivity contribution in [1.82, 2.24) is 9.79 Å². The normalized spacial score (nSPS) is 15.9. The number of carbonyl (C=O) groups excluding carboxylic acids is 1. The van der Waals surface area contributed by atoms with Crippen LogP contribution in [0.2, 0.25) is 0 Å². The van der Waals surface area contributed by atoms with Gasteiger partial charge in [-0.1, -0.05) is 18.2 Å². The lowest BCUT2D eigenvalue weighted by molar-refractivity contribution is -0.167. The van der Waals surface area contributed by atoms with Gasteiger partial charge in [-0.25, -0.2) is 18.2 Å². The van der Waals surface area contributed by atoms with E-state index in [1.807, 2.05) is 0 Å². The third-order valence-corrected chi connectivity index (χ3v) is 3.91. The summed E-state index contributed by atoms with van der Waals surface area (Å²) in [4.78, 5) is 16.8. The second kappa shape index (κ2) is 5.47. The smallest absolute Gasteiger partial charge is 0.261 e. The van der Waals surface area contributed by atoms with Crippen molar-refractivity contribution in [2.24, 2.45) is 0 Å². The summed E-state index contributed by atoms with van der Waals surface area (Å²) in [5, 5.41) is 1.19. The first-order valence-corrected chi connectivity index (χ1v) is 7.06. The maximum absolute atomic E-state index is 11.8. The number of sulfonamides is 1. The van der Waals surface area contributed by atoms with Gasteiger partial charge in [0.15, 0.2) is 0 Å². The lowest BCUT2D eigenvalue weighted by Gasteiger charge is -2.14. The fraction of sp³-hybridized carbons (Fsp3) is 0.364. The summed E-state index contributed by atoms with van der Waals surface area (Å²) >= 11 is 0. The third-order valence-electron chi connectivity index (χ3n) is 2.50. The first kappa shape index (κ1) is 13.0. The molecular weight excluding hydrogens is 256 g/mol. The summed E-state index contributed by atoms with van der Waals surface area (Å²) in [6.07, 6.45) is 0.775. The van der Waals surface area contributed by atoms with Crippen LogP contribution in [0.4, 0.5) is 0 Å². The molecule has 2 rings (SSSR count). The molecule has 18 heavy (non-hydrogen) atoms. The van der Waals surface area contributed by atoms with E-state index < -0.39 is 10.0 Å². The number of amides is 1. The Morgan fingerprint density at radius 3 is 2.67 bits per heavy atom. The molecule has 1 heterocycles. The first-order chi connectivity index (χ1) is 8.59. The molecule has 0 bridgehead atoms. The number of rotatable bonds is 4. The summed E-state index contributed by atoms with van der Waals surface area (Å²) in [5.74, 6) is -0.382. The van der Waals surface area contributed by atoms with E-state index in [-0.39, 0.29) is 17.3 Å². The highest BCUT2D eigenvalue weighted by molar-refractivity contribution is 7.89. The van der Waals surface area contributed by atoms with Gasteiger partial charge in [0.1, 0.15) is 0 Å². The first-order valence-electron chi connectivity index (χ1n) is 5.57. The molecule has 1 amide bonds. The fourth-order valence-corrected chi connectivity index (χ4v) is 2.57. The minimum absolute atomic E-state index is 0.139. The van der Waals surface area contributed by atoms with Gasteiger partial charge in [0.05, 0.1) is 24.6 Å². The molecule has 1 aliphatic heterocycles. The molecule has 1 N–H and O–H groups in total. The van der Waals surface area contributed by atoms with Crippen LogP contribution in [0.25, 0.3) is 0 Å². The Labute approximate surface area is 106 Å². The quantitative estimate of drug-likeness (QED) is 0.843. The number of carbonyl (C=O) groups is 1. The number of nitrogens with zero attached hydrogens (tertiary/aromatic N) is 1. The zero-order valence-electron chi connectivity index (χ0n) is 9.70. The molecule has 0 aromatic heterocycles. The van der Waals surface area contributed by atoms with E-state index in [1.54, 1.807) is 18.2 Å². The molecule has 0 radical (unpaired) electrons. The minimum Gasteiger partial charge on any atom is -0.271 e. The molecule has 7 heteroatoms. The SMILES string of the molecule is O=C(CNS(=O)(=O)c1ccccc1)N1CCCO1. The Morgan fingerprint density at radius 2 is 2.06 bits per heavy atom. The van der Waals surface area contributed by atoms with E-state index in [1.165, 1.54) is 17.2 Å². The summed E-state index contributed by atoms with van der Waals surface area (Å²) in [5.41, 5.74) is 0. The Morgan fingerprint density at radius 1 is 1.33 bits per heavy atom. The van der Waals surface area contributed by atoms with E-state index in [9.17, 15) is 13.2 Å². The fourth-order valence-electron chi connectivity index (χ4n) is 1.57. The molecule has 0 unspecified atom stereocenters. The number of benzene rings is 1. The van der Waals surface area contributed by atoms with Crippen molar-refractivity contribution >= 4 is 15.9 Å². The molecule has 1 fully saturated rings. The Hall–Kier alpha value is -1.44. The van der Waals surface area contributed by atoms with Crippen LogP contribution in [0.15, 0.2) is 35.2 Å². The van der Waals surface area contributed by atoms with Crippen molar-refractivity contribution in [1.29, 1.82) is 0 Å². The zero-order valence-corrected chi connectivity index (χ0v) is 10.5. The molecule has 98 valence electrons. The predicted octanol–water partition coefficient (Wildman–Crippen LogP) is 0.129. The zero-order chi connectivity index (χ0) is 13.0. The number of hydrogen-bond acceptors (Lipinski definition) is 4. The highest BCUT2D eigenvalue weighted by Gasteiger charge is 2.21. The van der Waals surface area contributed by atoms with Crippen LogP contribution in [-0.4, -0.2) is 39.1 Å². The maximum atomic E-state index is 11.8. The summed E-state index contributed by atoms with van der Waals surface area (Å²) in [6.45, 7) is 0.709. The monoisotopic (exact) mass is 270 g/mol. The average Bonchev–Trinajstić information content (AvgIpc) is 2.91. The van der Waals surface area contributed by atoms with Gasteiger partial charge in [0, 0.05) is 0 Å². The summed E-state index contributed by atoms with van der Waals surface area (Å²) in [6, 6.07) is 7.92. The van der Waals surface area contributed by atoms with Gasteiger partial charge in [-0.3, -0.25) is 9.63 Å². The maximum Gasteiger partial charge on any atom is 0.261 e. The highest BCUT2D eigenvalue weighted by atomic mass is 32.2. The summed E-state index contributed by atoms with van der Waals surface area (Å²) < 4.78 is 25.9. The number of hydrogen-bond donors (Lipinski definition) is 1. The Bertz CT molecular complexity index is 509. The van der Waals surface area contributed by atoms with Gasteiger partial charge in [-0.05, 0) is 18.6 Å². The Balaban J connectivity index is 1.95. The van der Waals surface area contributed by atoms with Gasteiger partial charge in [-0.2, -0.15) is 0 Å². The van der Waals surface area contributed by atoms with Gasteiger partial charge >= 0.3 is 0 Å². The molecular formula is C11H14N2O4S. The van der Waals surface area contributed by atoms with E-state index in [0.717, 1.165) is 6.42 Å². The number of nitrogens with one attached hydrogen (secondary N) is 1. The van der Waals surface area contributed by atoms with Gasteiger partial charge in [0.25, 0.3) is 5.91 Å². The molecule has 0 atom stereocenters. The topological polar surface area (TPSA) is 75.7 Å². The van der Waals surface area contributed by atoms with E-state index in [0.29, 0.717) is 13.2 Å².